The molecular weight excluding hydrogens is 431 g/mol. The Labute approximate surface area is 145 Å². The van der Waals surface area contributed by atoms with Crippen LogP contribution in [0.5, 0.6) is 0 Å². The summed E-state index contributed by atoms with van der Waals surface area (Å²) >= 11 is 2.92. The Balaban J connectivity index is -0.000000269. The van der Waals surface area contributed by atoms with Crippen LogP contribution in [0.25, 0.3) is 0 Å². The van der Waals surface area contributed by atoms with E-state index in [9.17, 15) is 13.2 Å². The molecule has 0 aromatic rings. The number of hydrogen-bond acceptors (Lipinski definition) is 3. The summed E-state index contributed by atoms with van der Waals surface area (Å²) < 4.78 is 58.9. The van der Waals surface area contributed by atoms with E-state index in [1.54, 1.807) is 0 Å². The zero-order valence-electron chi connectivity index (χ0n) is 13.8. The topological polar surface area (TPSA) is 57.2 Å². The summed E-state index contributed by atoms with van der Waals surface area (Å²) in [5.41, 5.74) is -2.95. The van der Waals surface area contributed by atoms with Crippen molar-refractivity contribution in [2.45, 2.75) is 68.9 Å². The van der Waals surface area contributed by atoms with E-state index < -0.39 is 15.6 Å². The first-order valence-corrected chi connectivity index (χ1v) is 10.6. The van der Waals surface area contributed by atoms with Gasteiger partial charge in [0, 0.05) is 0 Å². The van der Waals surface area contributed by atoms with Crippen molar-refractivity contribution in [1.82, 2.24) is 0 Å². The monoisotopic (exact) mass is 456 g/mol. The molecule has 0 aromatic carbocycles. The van der Waals surface area contributed by atoms with Gasteiger partial charge in [0.25, 0.3) is 0 Å². The molecule has 0 unspecified atom stereocenters. The van der Waals surface area contributed by atoms with Gasteiger partial charge in [-0.1, -0.05) is 49.5 Å². The Hall–Kier alpha value is 0.532. The Kier molecular flexibility index (Phi) is 16.0. The number of rotatable bonds is 4. The first-order chi connectivity index (χ1) is 9.63. The maximum absolute atomic E-state index is 10.7. The molecule has 0 saturated heterocycles. The van der Waals surface area contributed by atoms with Gasteiger partial charge in [-0.15, -0.1) is 0 Å². The second kappa shape index (κ2) is 12.9. The summed E-state index contributed by atoms with van der Waals surface area (Å²) in [4.78, 5) is 0.933. The molecule has 0 saturated carbocycles. The Morgan fingerprint density at radius 1 is 1.09 bits per heavy atom. The van der Waals surface area contributed by atoms with Crippen LogP contribution >= 0.6 is 7.92 Å². The average molecular weight is 457 g/mol. The molecule has 0 bridgehead atoms. The maximum Gasteiger partial charge on any atom is 0.485 e. The molecule has 138 valence electrons. The predicted octanol–water partition coefficient (Wildman–Crippen LogP) is 4.88. The maximum atomic E-state index is 10.7. The van der Waals surface area contributed by atoms with Gasteiger partial charge < -0.3 is 4.55 Å². The number of allylic oxidation sites excluding steroid dienone is 1. The van der Waals surface area contributed by atoms with E-state index in [0.717, 1.165) is 21.9 Å². The van der Waals surface area contributed by atoms with E-state index in [1.165, 1.54) is 0 Å². The van der Waals surface area contributed by atoms with Gasteiger partial charge in [0.2, 0.25) is 0 Å². The van der Waals surface area contributed by atoms with Gasteiger partial charge in [-0.05, 0) is 17.0 Å². The molecule has 0 N–H and O–H groups in total. The standard InChI is InChI=1S/C9H21P.C3H5.CHF3O3S.Pd/c1-7(2)10(8(3)4)9(5)6;1-3-2;2-1(3,4)8(5,6)7;/h7-9H,1-6H3;3H,1-2H2;(H,5,6,7);/q;;;+1/p-1. The van der Waals surface area contributed by atoms with Crippen molar-refractivity contribution in [1.29, 1.82) is 0 Å². The normalized spacial score (nSPS) is 12.0. The van der Waals surface area contributed by atoms with Gasteiger partial charge in [-0.25, -0.2) is 8.42 Å². The summed E-state index contributed by atoms with van der Waals surface area (Å²) in [5, 5.41) is 0. The quantitative estimate of drug-likeness (QED) is 0.199. The van der Waals surface area contributed by atoms with Crippen LogP contribution in [0.3, 0.4) is 0 Å². The van der Waals surface area contributed by atoms with Crippen molar-refractivity contribution in [3.63, 3.8) is 0 Å². The first kappa shape index (κ1) is 27.4. The van der Waals surface area contributed by atoms with E-state index in [4.69, 9.17) is 13.0 Å². The summed E-state index contributed by atoms with van der Waals surface area (Å²) in [6.07, 6.45) is 1.81. The molecule has 0 amide bonds. The van der Waals surface area contributed by atoms with Crippen molar-refractivity contribution >= 4 is 18.0 Å². The van der Waals surface area contributed by atoms with E-state index in [2.05, 4.69) is 67.3 Å². The van der Waals surface area contributed by atoms with Crippen molar-refractivity contribution in [3.05, 3.63) is 12.7 Å². The third kappa shape index (κ3) is 15.4. The van der Waals surface area contributed by atoms with E-state index in [0.29, 0.717) is 0 Å². The SMILES string of the molecule is C=C[CH2][Pd+].CC(C)P(C(C)C)C(C)C.O=S(=O)([O-])C(F)(F)F. The predicted molar refractivity (Wildman–Crippen MR) is 83.1 cm³/mol. The molecule has 3 nitrogen and oxygen atoms in total. The zero-order chi connectivity index (χ0) is 18.7. The largest absolute Gasteiger partial charge is 0.741 e. The zero-order valence-corrected chi connectivity index (χ0v) is 17.0. The van der Waals surface area contributed by atoms with Gasteiger partial charge in [-0.3, -0.25) is 0 Å². The first-order valence-electron chi connectivity index (χ1n) is 6.55. The van der Waals surface area contributed by atoms with E-state index in [1.807, 2.05) is 6.08 Å². The Morgan fingerprint density at radius 3 is 1.27 bits per heavy atom. The molecular formula is C13H26F3O3PPdS. The summed E-state index contributed by atoms with van der Waals surface area (Å²) in [6, 6.07) is 0. The molecule has 0 atom stereocenters. The van der Waals surface area contributed by atoms with Gasteiger partial charge >= 0.3 is 42.3 Å². The molecule has 0 radical (unpaired) electrons. The van der Waals surface area contributed by atoms with Gasteiger partial charge in [0.05, 0.1) is 0 Å². The van der Waals surface area contributed by atoms with Gasteiger partial charge in [-0.2, -0.15) is 13.2 Å². The third-order valence-corrected chi connectivity index (χ3v) is 6.76. The van der Waals surface area contributed by atoms with Crippen LogP contribution in [0.1, 0.15) is 41.5 Å². The molecule has 0 aliphatic carbocycles. The molecule has 22 heavy (non-hydrogen) atoms. The molecule has 0 rings (SSSR count). The number of hydrogen-bond donors (Lipinski definition) is 0. The van der Waals surface area contributed by atoms with Crippen LogP contribution in [0.4, 0.5) is 13.2 Å². The van der Waals surface area contributed by atoms with Gasteiger partial charge in [0.15, 0.2) is 10.1 Å². The minimum absolute atomic E-state index is 0.262. The second-order valence-corrected chi connectivity index (χ2v) is 11.0. The number of alkyl halides is 3. The van der Waals surface area contributed by atoms with Crippen LogP contribution in [-0.2, 0) is 29.3 Å². The van der Waals surface area contributed by atoms with Crippen LogP contribution < -0.4 is 0 Å². The van der Waals surface area contributed by atoms with Crippen molar-refractivity contribution in [2.75, 3.05) is 0 Å². The minimum Gasteiger partial charge on any atom is -0.741 e. The van der Waals surface area contributed by atoms with Crippen LogP contribution in [0.15, 0.2) is 12.7 Å². The van der Waals surface area contributed by atoms with E-state index in [-0.39, 0.29) is 7.92 Å². The molecule has 0 heterocycles. The van der Waals surface area contributed by atoms with Crippen LogP contribution in [0.2, 0.25) is 4.89 Å². The summed E-state index contributed by atoms with van der Waals surface area (Å²) in [6.45, 7) is 17.6. The van der Waals surface area contributed by atoms with Crippen molar-refractivity contribution in [3.8, 4) is 0 Å². The van der Waals surface area contributed by atoms with Crippen LogP contribution in [-0.4, -0.2) is 35.5 Å². The molecule has 0 fully saturated rings. The smallest absolute Gasteiger partial charge is 0.485 e. The fourth-order valence-electron chi connectivity index (χ4n) is 1.79. The molecule has 0 aliphatic heterocycles. The fourth-order valence-corrected chi connectivity index (χ4v) is 5.37. The summed E-state index contributed by atoms with van der Waals surface area (Å²) in [5.74, 6) is 0. The molecule has 0 aromatic heterocycles. The molecule has 0 aliphatic rings. The van der Waals surface area contributed by atoms with Gasteiger partial charge in [0.1, 0.15) is 0 Å². The minimum atomic E-state index is -6.09. The van der Waals surface area contributed by atoms with E-state index >= 15 is 0 Å². The van der Waals surface area contributed by atoms with Crippen LogP contribution in [0, 0.1) is 0 Å². The summed E-state index contributed by atoms with van der Waals surface area (Å²) in [7, 11) is -5.83. The third-order valence-electron chi connectivity index (χ3n) is 2.16. The number of halogens is 3. The fraction of sp³-hybridized carbons (Fsp3) is 0.846. The second-order valence-electron chi connectivity index (χ2n) is 5.05. The molecule has 0 spiro atoms. The Morgan fingerprint density at radius 2 is 1.27 bits per heavy atom. The van der Waals surface area contributed by atoms with Crippen molar-refractivity contribution < 1.29 is 45.3 Å². The molecule has 9 heteroatoms. The van der Waals surface area contributed by atoms with Crippen molar-refractivity contribution in [2.24, 2.45) is 0 Å². The average Bonchev–Trinajstić information content (AvgIpc) is 2.25. The Bertz CT molecular complexity index is 363.